The summed E-state index contributed by atoms with van der Waals surface area (Å²) in [6.07, 6.45) is 0.884. The third-order valence-corrected chi connectivity index (χ3v) is 4.07. The monoisotopic (exact) mass is 385 g/mol. The van der Waals surface area contributed by atoms with Gasteiger partial charge in [-0.25, -0.2) is 4.79 Å². The first-order valence-corrected chi connectivity index (χ1v) is 9.11. The molecule has 0 spiro atoms. The van der Waals surface area contributed by atoms with Gasteiger partial charge in [0.2, 0.25) is 0 Å². The van der Waals surface area contributed by atoms with Crippen molar-refractivity contribution in [3.8, 4) is 11.5 Å². The highest BCUT2D eigenvalue weighted by atomic mass is 16.5. The molecule has 0 fully saturated rings. The molecule has 0 radical (unpaired) electrons. The number of carbonyl (C=O) groups is 2. The molecule has 0 heterocycles. The highest BCUT2D eigenvalue weighted by molar-refractivity contribution is 6.10. The summed E-state index contributed by atoms with van der Waals surface area (Å²) in [5, 5.41) is 8.34. The molecule has 7 heteroatoms. The van der Waals surface area contributed by atoms with Crippen LogP contribution in [0.15, 0.2) is 42.5 Å². The molecule has 0 atom stereocenters. The van der Waals surface area contributed by atoms with Crippen molar-refractivity contribution in [2.45, 2.75) is 20.3 Å². The summed E-state index contributed by atoms with van der Waals surface area (Å²) in [6.45, 7) is 4.75. The summed E-state index contributed by atoms with van der Waals surface area (Å²) in [7, 11) is 3.07. The van der Waals surface area contributed by atoms with Gasteiger partial charge >= 0.3 is 6.03 Å². The van der Waals surface area contributed by atoms with Crippen molar-refractivity contribution in [1.82, 2.24) is 5.32 Å². The van der Waals surface area contributed by atoms with Gasteiger partial charge < -0.3 is 25.4 Å². The summed E-state index contributed by atoms with van der Waals surface area (Å²) in [6, 6.07) is 11.6. The molecule has 3 N–H and O–H groups in total. The van der Waals surface area contributed by atoms with Gasteiger partial charge in [-0.15, -0.1) is 0 Å². The number of benzene rings is 2. The predicted molar refractivity (Wildman–Crippen MR) is 110 cm³/mol. The van der Waals surface area contributed by atoms with Gasteiger partial charge in [0.15, 0.2) is 11.5 Å². The van der Waals surface area contributed by atoms with Crippen molar-refractivity contribution >= 4 is 23.3 Å². The summed E-state index contributed by atoms with van der Waals surface area (Å²) in [5.41, 5.74) is 1.35. The minimum absolute atomic E-state index is 0.341. The van der Waals surface area contributed by atoms with E-state index in [1.165, 1.54) is 7.11 Å². The minimum atomic E-state index is -0.342. The predicted octanol–water partition coefficient (Wildman–Crippen LogP) is 4.12. The van der Waals surface area contributed by atoms with Crippen molar-refractivity contribution < 1.29 is 19.1 Å². The quantitative estimate of drug-likeness (QED) is 0.638. The molecule has 0 bridgehead atoms. The Kier molecular flexibility index (Phi) is 7.68. The van der Waals surface area contributed by atoms with Crippen molar-refractivity contribution in [2.24, 2.45) is 5.92 Å². The molecule has 0 aliphatic heterocycles. The van der Waals surface area contributed by atoms with Crippen molar-refractivity contribution in [3.05, 3.63) is 48.0 Å². The Balaban J connectivity index is 2.09. The zero-order chi connectivity index (χ0) is 20.5. The molecular weight excluding hydrogens is 358 g/mol. The molecule has 0 saturated carbocycles. The van der Waals surface area contributed by atoms with Crippen LogP contribution in [-0.4, -0.2) is 32.7 Å². The SMILES string of the molecule is COc1ccc(NC(=O)c2ccccc2NC(=O)NCCC(C)C)cc1OC. The zero-order valence-corrected chi connectivity index (χ0v) is 16.7. The lowest BCUT2D eigenvalue weighted by atomic mass is 10.1. The number of carbonyl (C=O) groups excluding carboxylic acids is 2. The van der Waals surface area contributed by atoms with E-state index in [1.54, 1.807) is 49.6 Å². The van der Waals surface area contributed by atoms with E-state index in [4.69, 9.17) is 9.47 Å². The molecule has 0 aromatic heterocycles. The van der Waals surface area contributed by atoms with Crippen molar-refractivity contribution in [2.75, 3.05) is 31.4 Å². The second kappa shape index (κ2) is 10.2. The highest BCUT2D eigenvalue weighted by Crippen LogP contribution is 2.30. The van der Waals surface area contributed by atoms with Crippen LogP contribution in [0.1, 0.15) is 30.6 Å². The number of rotatable bonds is 8. The average molecular weight is 385 g/mol. The molecule has 0 aliphatic rings. The van der Waals surface area contributed by atoms with Gasteiger partial charge in [0.1, 0.15) is 0 Å². The Bertz CT molecular complexity index is 821. The molecular formula is C21H27N3O4. The number of para-hydroxylation sites is 1. The number of methoxy groups -OCH3 is 2. The number of hydrogen-bond acceptors (Lipinski definition) is 4. The topological polar surface area (TPSA) is 88.7 Å². The van der Waals surface area contributed by atoms with Crippen LogP contribution in [-0.2, 0) is 0 Å². The number of hydrogen-bond donors (Lipinski definition) is 3. The Hall–Kier alpha value is -3.22. The summed E-state index contributed by atoms with van der Waals surface area (Å²) in [4.78, 5) is 24.8. The molecule has 150 valence electrons. The lowest BCUT2D eigenvalue weighted by Gasteiger charge is -2.14. The molecule has 28 heavy (non-hydrogen) atoms. The normalized spacial score (nSPS) is 10.3. The van der Waals surface area contributed by atoms with E-state index in [0.29, 0.717) is 40.9 Å². The molecule has 7 nitrogen and oxygen atoms in total. The van der Waals surface area contributed by atoms with Gasteiger partial charge in [-0.1, -0.05) is 26.0 Å². The smallest absolute Gasteiger partial charge is 0.319 e. The maximum atomic E-state index is 12.7. The van der Waals surface area contributed by atoms with Crippen molar-refractivity contribution in [1.29, 1.82) is 0 Å². The first-order valence-electron chi connectivity index (χ1n) is 9.11. The van der Waals surface area contributed by atoms with Crippen LogP contribution in [0, 0.1) is 5.92 Å². The van der Waals surface area contributed by atoms with Crippen LogP contribution in [0.3, 0.4) is 0 Å². The lowest BCUT2D eigenvalue weighted by molar-refractivity contribution is 0.102. The maximum absolute atomic E-state index is 12.7. The summed E-state index contributed by atoms with van der Waals surface area (Å²) in [5.74, 6) is 1.24. The Morgan fingerprint density at radius 2 is 1.68 bits per heavy atom. The van der Waals surface area contributed by atoms with Gasteiger partial charge in [0.25, 0.3) is 5.91 Å². The van der Waals surface area contributed by atoms with E-state index in [0.717, 1.165) is 6.42 Å². The summed E-state index contributed by atoms with van der Waals surface area (Å²) < 4.78 is 10.5. The van der Waals surface area contributed by atoms with E-state index < -0.39 is 0 Å². The first-order chi connectivity index (χ1) is 13.4. The zero-order valence-electron chi connectivity index (χ0n) is 16.7. The largest absolute Gasteiger partial charge is 0.493 e. The van der Waals surface area contributed by atoms with Gasteiger partial charge in [-0.2, -0.15) is 0 Å². The average Bonchev–Trinajstić information content (AvgIpc) is 2.67. The molecule has 2 aromatic rings. The fourth-order valence-electron chi connectivity index (χ4n) is 2.54. The number of urea groups is 1. The third kappa shape index (κ3) is 5.90. The Morgan fingerprint density at radius 1 is 0.964 bits per heavy atom. The molecule has 0 aliphatic carbocycles. The van der Waals surface area contributed by atoms with E-state index >= 15 is 0 Å². The van der Waals surface area contributed by atoms with E-state index in [9.17, 15) is 9.59 Å². The second-order valence-corrected chi connectivity index (χ2v) is 6.63. The minimum Gasteiger partial charge on any atom is -0.493 e. The lowest BCUT2D eigenvalue weighted by Crippen LogP contribution is -2.31. The molecule has 3 amide bonds. The van der Waals surface area contributed by atoms with Crippen LogP contribution in [0.25, 0.3) is 0 Å². The van der Waals surface area contributed by atoms with Gasteiger partial charge in [-0.3, -0.25) is 4.79 Å². The van der Waals surface area contributed by atoms with E-state index in [2.05, 4.69) is 29.8 Å². The van der Waals surface area contributed by atoms with Crippen LogP contribution < -0.4 is 25.4 Å². The standard InChI is InChI=1S/C21H27N3O4/c1-14(2)11-12-22-21(26)24-17-8-6-5-7-16(17)20(25)23-15-9-10-18(27-3)19(13-15)28-4/h5-10,13-14H,11-12H2,1-4H3,(H,23,25)(H2,22,24,26). The fourth-order valence-corrected chi connectivity index (χ4v) is 2.54. The van der Waals surface area contributed by atoms with E-state index in [-0.39, 0.29) is 11.9 Å². The van der Waals surface area contributed by atoms with Gasteiger partial charge in [0, 0.05) is 18.3 Å². The van der Waals surface area contributed by atoms with Crippen LogP contribution in [0.5, 0.6) is 11.5 Å². The molecule has 2 rings (SSSR count). The number of nitrogens with one attached hydrogen (secondary N) is 3. The van der Waals surface area contributed by atoms with Gasteiger partial charge in [-0.05, 0) is 36.6 Å². The second-order valence-electron chi connectivity index (χ2n) is 6.63. The molecule has 2 aromatic carbocycles. The number of anilines is 2. The summed E-state index contributed by atoms with van der Waals surface area (Å²) >= 11 is 0. The fraction of sp³-hybridized carbons (Fsp3) is 0.333. The maximum Gasteiger partial charge on any atom is 0.319 e. The van der Waals surface area contributed by atoms with Crippen LogP contribution in [0.2, 0.25) is 0 Å². The van der Waals surface area contributed by atoms with E-state index in [1.807, 2.05) is 0 Å². The Morgan fingerprint density at radius 3 is 2.36 bits per heavy atom. The number of amides is 3. The third-order valence-electron chi connectivity index (χ3n) is 4.07. The Labute approximate surface area is 165 Å². The van der Waals surface area contributed by atoms with Crippen LogP contribution in [0.4, 0.5) is 16.2 Å². The van der Waals surface area contributed by atoms with Gasteiger partial charge in [0.05, 0.1) is 25.5 Å². The molecule has 0 saturated heterocycles. The highest BCUT2D eigenvalue weighted by Gasteiger charge is 2.14. The van der Waals surface area contributed by atoms with Crippen molar-refractivity contribution in [3.63, 3.8) is 0 Å². The molecule has 0 unspecified atom stereocenters. The van der Waals surface area contributed by atoms with Crippen LogP contribution >= 0.6 is 0 Å². The number of ether oxygens (including phenoxy) is 2. The first kappa shape index (κ1) is 21.1.